The molecule has 0 unspecified atom stereocenters. The van der Waals surface area contributed by atoms with E-state index in [4.69, 9.17) is 25.8 Å². The lowest BCUT2D eigenvalue weighted by Gasteiger charge is -2.12. The van der Waals surface area contributed by atoms with Crippen LogP contribution >= 0.6 is 11.6 Å². The highest BCUT2D eigenvalue weighted by Crippen LogP contribution is 2.32. The van der Waals surface area contributed by atoms with Crippen LogP contribution in [0.1, 0.15) is 24.5 Å². The molecule has 0 atom stereocenters. The first-order valence-electron chi connectivity index (χ1n) is 9.01. The summed E-state index contributed by atoms with van der Waals surface area (Å²) >= 11 is 6.10. The van der Waals surface area contributed by atoms with Crippen LogP contribution in [0.3, 0.4) is 0 Å². The normalized spacial score (nSPS) is 10.8. The molecule has 0 spiro atoms. The quantitative estimate of drug-likeness (QED) is 0.485. The molecular formula is C22H23ClN2O4. The Morgan fingerprint density at radius 3 is 2.52 bits per heavy atom. The second kappa shape index (κ2) is 10.4. The van der Waals surface area contributed by atoms with Gasteiger partial charge in [-0.25, -0.2) is 0 Å². The number of rotatable bonds is 8. The van der Waals surface area contributed by atoms with Crippen LogP contribution in [0.4, 0.5) is 5.69 Å². The number of nitrogens with zero attached hydrogens (tertiary/aromatic N) is 1. The molecule has 0 aliphatic heterocycles. The first-order chi connectivity index (χ1) is 13.9. The van der Waals surface area contributed by atoms with Crippen molar-refractivity contribution in [1.29, 1.82) is 5.26 Å². The Kier molecular flexibility index (Phi) is 7.93. The highest BCUT2D eigenvalue weighted by Gasteiger charge is 2.15. The zero-order valence-electron chi connectivity index (χ0n) is 16.8. The average Bonchev–Trinajstić information content (AvgIpc) is 2.72. The highest BCUT2D eigenvalue weighted by molar-refractivity contribution is 6.31. The van der Waals surface area contributed by atoms with E-state index in [0.717, 1.165) is 12.0 Å². The lowest BCUT2D eigenvalue weighted by molar-refractivity contribution is -0.112. The number of halogens is 1. The Morgan fingerprint density at radius 2 is 1.90 bits per heavy atom. The molecule has 0 fully saturated rings. The maximum absolute atomic E-state index is 12.6. The van der Waals surface area contributed by atoms with Gasteiger partial charge in [0, 0.05) is 11.1 Å². The van der Waals surface area contributed by atoms with Crippen LogP contribution in [0, 0.1) is 18.3 Å². The number of carbonyl (C=O) groups excluding carboxylic acids is 1. The Morgan fingerprint density at radius 1 is 1.17 bits per heavy atom. The third kappa shape index (κ3) is 5.66. The Bertz CT molecular complexity index is 964. The molecule has 6 nitrogen and oxygen atoms in total. The van der Waals surface area contributed by atoms with Gasteiger partial charge in [-0.1, -0.05) is 24.6 Å². The molecule has 0 bridgehead atoms. The molecule has 0 radical (unpaired) electrons. The third-order valence-electron chi connectivity index (χ3n) is 4.05. The van der Waals surface area contributed by atoms with Crippen molar-refractivity contribution in [3.63, 3.8) is 0 Å². The van der Waals surface area contributed by atoms with Gasteiger partial charge in [-0.05, 0) is 48.7 Å². The molecule has 29 heavy (non-hydrogen) atoms. The zero-order chi connectivity index (χ0) is 21.4. The molecule has 7 heteroatoms. The van der Waals surface area contributed by atoms with E-state index in [2.05, 4.69) is 5.32 Å². The number of hydrogen-bond donors (Lipinski definition) is 1. The molecule has 1 amide bonds. The van der Waals surface area contributed by atoms with Crippen molar-refractivity contribution >= 4 is 29.3 Å². The molecule has 0 aromatic heterocycles. The predicted molar refractivity (Wildman–Crippen MR) is 114 cm³/mol. The second-order valence-corrected chi connectivity index (χ2v) is 6.59. The molecule has 1 N–H and O–H groups in total. The van der Waals surface area contributed by atoms with Gasteiger partial charge >= 0.3 is 0 Å². The minimum Gasteiger partial charge on any atom is -0.495 e. The number of benzene rings is 2. The number of nitriles is 1. The van der Waals surface area contributed by atoms with Gasteiger partial charge < -0.3 is 19.5 Å². The number of hydrogen-bond acceptors (Lipinski definition) is 5. The van der Waals surface area contributed by atoms with Crippen LogP contribution < -0.4 is 19.5 Å². The molecule has 2 aromatic carbocycles. The fraction of sp³-hybridized carbons (Fsp3) is 0.273. The Balaban J connectivity index is 2.31. The Labute approximate surface area is 175 Å². The number of methoxy groups -OCH3 is 2. The molecule has 0 saturated carbocycles. The number of ether oxygens (including phenoxy) is 3. The van der Waals surface area contributed by atoms with Crippen molar-refractivity contribution < 1.29 is 19.0 Å². The van der Waals surface area contributed by atoms with E-state index in [1.54, 1.807) is 37.4 Å². The van der Waals surface area contributed by atoms with Crippen molar-refractivity contribution in [2.24, 2.45) is 0 Å². The van der Waals surface area contributed by atoms with Crippen LogP contribution in [0.5, 0.6) is 17.2 Å². The molecule has 152 valence electrons. The summed E-state index contributed by atoms with van der Waals surface area (Å²) in [6, 6.07) is 10.4. The fourth-order valence-electron chi connectivity index (χ4n) is 2.54. The number of anilines is 1. The van der Waals surface area contributed by atoms with Crippen molar-refractivity contribution in [3.05, 3.63) is 52.1 Å². The summed E-state index contributed by atoms with van der Waals surface area (Å²) in [6.07, 6.45) is 2.33. The third-order valence-corrected chi connectivity index (χ3v) is 4.46. The van der Waals surface area contributed by atoms with E-state index in [1.807, 2.05) is 19.9 Å². The second-order valence-electron chi connectivity index (χ2n) is 6.18. The average molecular weight is 415 g/mol. The van der Waals surface area contributed by atoms with Gasteiger partial charge in [0.05, 0.1) is 26.5 Å². The fourth-order valence-corrected chi connectivity index (χ4v) is 2.70. The number of nitrogens with one attached hydrogen (secondary N) is 1. The molecular weight excluding hydrogens is 392 g/mol. The highest BCUT2D eigenvalue weighted by atomic mass is 35.5. The maximum atomic E-state index is 12.6. The van der Waals surface area contributed by atoms with Crippen molar-refractivity contribution in [1.82, 2.24) is 0 Å². The van der Waals surface area contributed by atoms with Gasteiger partial charge in [-0.3, -0.25) is 4.79 Å². The van der Waals surface area contributed by atoms with Crippen LogP contribution in [-0.2, 0) is 4.79 Å². The van der Waals surface area contributed by atoms with Gasteiger partial charge in [0.25, 0.3) is 5.91 Å². The van der Waals surface area contributed by atoms with E-state index in [0.29, 0.717) is 40.1 Å². The maximum Gasteiger partial charge on any atom is 0.266 e. The first-order valence-corrected chi connectivity index (χ1v) is 9.39. The summed E-state index contributed by atoms with van der Waals surface area (Å²) in [5.74, 6) is 0.987. The summed E-state index contributed by atoms with van der Waals surface area (Å²) in [6.45, 7) is 4.35. The van der Waals surface area contributed by atoms with Crippen molar-refractivity contribution in [2.45, 2.75) is 20.3 Å². The van der Waals surface area contributed by atoms with Crippen LogP contribution in [0.2, 0.25) is 5.02 Å². The largest absolute Gasteiger partial charge is 0.495 e. The van der Waals surface area contributed by atoms with Crippen molar-refractivity contribution in [2.75, 3.05) is 26.1 Å². The molecule has 0 heterocycles. The molecule has 0 aliphatic carbocycles. The van der Waals surface area contributed by atoms with Gasteiger partial charge in [0.1, 0.15) is 17.4 Å². The van der Waals surface area contributed by atoms with Gasteiger partial charge in [-0.15, -0.1) is 0 Å². The lowest BCUT2D eigenvalue weighted by atomic mass is 10.1. The van der Waals surface area contributed by atoms with E-state index in [-0.39, 0.29) is 5.57 Å². The summed E-state index contributed by atoms with van der Waals surface area (Å²) in [7, 11) is 3.03. The van der Waals surface area contributed by atoms with Crippen LogP contribution in [0.15, 0.2) is 35.9 Å². The molecule has 0 aliphatic rings. The summed E-state index contributed by atoms with van der Waals surface area (Å²) in [5, 5.41) is 12.7. The summed E-state index contributed by atoms with van der Waals surface area (Å²) in [4.78, 5) is 12.6. The Hall–Kier alpha value is -3.17. The molecule has 2 aromatic rings. The van der Waals surface area contributed by atoms with Gasteiger partial charge in [-0.2, -0.15) is 5.26 Å². The smallest absolute Gasteiger partial charge is 0.266 e. The number of aryl methyl sites for hydroxylation is 1. The first kappa shape index (κ1) is 22.1. The van der Waals surface area contributed by atoms with Gasteiger partial charge in [0.2, 0.25) is 0 Å². The SMILES string of the molecule is CCCOc1cc(/C=C(/C#N)C(=O)Nc2cc(C)c(Cl)cc2OC)ccc1OC. The zero-order valence-corrected chi connectivity index (χ0v) is 17.6. The van der Waals surface area contributed by atoms with Crippen LogP contribution in [-0.4, -0.2) is 26.7 Å². The monoisotopic (exact) mass is 414 g/mol. The number of carbonyl (C=O) groups is 1. The van der Waals surface area contributed by atoms with Gasteiger partial charge in [0.15, 0.2) is 11.5 Å². The van der Waals surface area contributed by atoms with Crippen LogP contribution in [0.25, 0.3) is 6.08 Å². The lowest BCUT2D eigenvalue weighted by Crippen LogP contribution is -2.14. The minimum atomic E-state index is -0.556. The van der Waals surface area contributed by atoms with Crippen molar-refractivity contribution in [3.8, 4) is 23.3 Å². The van der Waals surface area contributed by atoms with E-state index >= 15 is 0 Å². The molecule has 0 saturated heterocycles. The predicted octanol–water partition coefficient (Wildman–Crippen LogP) is 5.00. The standard InChI is InChI=1S/C22H23ClN2O4/c1-5-8-29-21-11-15(6-7-19(21)27-3)10-16(13-24)22(26)25-18-9-14(2)17(23)12-20(18)28-4/h6-7,9-12H,5,8H2,1-4H3,(H,25,26)/b16-10-. The van der Waals surface area contributed by atoms with E-state index in [1.165, 1.54) is 13.2 Å². The minimum absolute atomic E-state index is 0.0636. The molecule has 2 rings (SSSR count). The summed E-state index contributed by atoms with van der Waals surface area (Å²) < 4.78 is 16.2. The summed E-state index contributed by atoms with van der Waals surface area (Å²) in [5.41, 5.74) is 1.79. The van der Waals surface area contributed by atoms with E-state index < -0.39 is 5.91 Å². The number of amides is 1. The topological polar surface area (TPSA) is 80.6 Å². The van der Waals surface area contributed by atoms with E-state index in [9.17, 15) is 10.1 Å².